The van der Waals surface area contributed by atoms with Crippen molar-refractivity contribution in [3.63, 3.8) is 0 Å². The number of nitrogens with one attached hydrogen (secondary N) is 1. The molecule has 3 unspecified atom stereocenters. The number of esters is 2. The molecule has 1 aromatic carbocycles. The number of allylic oxidation sites excluding steroid dienone is 4. The van der Waals surface area contributed by atoms with Crippen LogP contribution in [-0.2, 0) is 35.8 Å². The molecule has 40 heavy (non-hydrogen) atoms. The summed E-state index contributed by atoms with van der Waals surface area (Å²) in [4.78, 5) is 30.3. The van der Waals surface area contributed by atoms with E-state index >= 15 is 0 Å². The Morgan fingerprint density at radius 3 is 2.88 bits per heavy atom. The maximum Gasteiger partial charge on any atom is 0.310 e. The third kappa shape index (κ3) is 5.31. The number of nitrogens with zero attached hydrogens (tertiary/aromatic N) is 4. The number of carbonyl (C=O) groups is 2. The van der Waals surface area contributed by atoms with E-state index in [1.165, 1.54) is 16.9 Å². The molecule has 11 heteroatoms. The predicted molar refractivity (Wildman–Crippen MR) is 141 cm³/mol. The van der Waals surface area contributed by atoms with E-state index in [4.69, 9.17) is 14.2 Å². The van der Waals surface area contributed by atoms with Gasteiger partial charge < -0.3 is 19.5 Å². The minimum atomic E-state index is -1.84. The van der Waals surface area contributed by atoms with Crippen LogP contribution in [-0.4, -0.2) is 52.4 Å². The molecule has 0 bridgehead atoms. The number of rotatable bonds is 8. The molecule has 0 saturated carbocycles. The highest BCUT2D eigenvalue weighted by molar-refractivity contribution is 5.74. The van der Waals surface area contributed by atoms with Crippen LogP contribution in [0.15, 0.2) is 66.8 Å². The highest BCUT2D eigenvalue weighted by atomic mass is 19.1. The van der Waals surface area contributed by atoms with Gasteiger partial charge in [-0.05, 0) is 36.6 Å². The maximum absolute atomic E-state index is 13.8. The van der Waals surface area contributed by atoms with E-state index in [0.717, 1.165) is 11.1 Å². The monoisotopic (exact) mass is 545 g/mol. The Morgan fingerprint density at radius 2 is 2.12 bits per heavy atom. The summed E-state index contributed by atoms with van der Waals surface area (Å²) in [5, 5.41) is 17.7. The van der Waals surface area contributed by atoms with Gasteiger partial charge in [-0.1, -0.05) is 42.0 Å². The third-order valence-electron chi connectivity index (χ3n) is 6.97. The number of hydrogen-bond donors (Lipinski definition) is 1. The SMILES string of the molecule is CNc1ncnn2c([C@]3(C#N)OCC(OC(=O)Cc4cccc(C)c4)C3OC(=O)CC3C=CC=C(F)C3)ccc12. The number of ether oxygens (including phenoxy) is 3. The number of carbonyl (C=O) groups excluding carboxylic acids is 2. The Morgan fingerprint density at radius 1 is 1.27 bits per heavy atom. The molecule has 3 heterocycles. The number of nitriles is 1. The molecule has 10 nitrogen and oxygen atoms in total. The van der Waals surface area contributed by atoms with Crippen molar-refractivity contribution < 1.29 is 28.2 Å². The Balaban J connectivity index is 1.45. The van der Waals surface area contributed by atoms with Gasteiger partial charge in [0, 0.05) is 13.5 Å². The fourth-order valence-electron chi connectivity index (χ4n) is 5.13. The second kappa shape index (κ2) is 11.3. The van der Waals surface area contributed by atoms with Gasteiger partial charge >= 0.3 is 11.9 Å². The Hall–Kier alpha value is -4.56. The second-order valence-corrected chi connectivity index (χ2v) is 9.80. The molecule has 1 N–H and O–H groups in total. The molecule has 1 fully saturated rings. The topological polar surface area (TPSA) is 128 Å². The smallest absolute Gasteiger partial charge is 0.310 e. The zero-order chi connectivity index (χ0) is 28.3. The number of anilines is 1. The Kier molecular flexibility index (Phi) is 7.62. The van der Waals surface area contributed by atoms with E-state index in [1.807, 2.05) is 31.2 Å². The van der Waals surface area contributed by atoms with E-state index < -0.39 is 35.7 Å². The van der Waals surface area contributed by atoms with Crippen molar-refractivity contribution in [3.8, 4) is 6.07 Å². The zero-order valence-corrected chi connectivity index (χ0v) is 22.0. The van der Waals surface area contributed by atoms with Crippen molar-refractivity contribution in [2.45, 2.75) is 44.0 Å². The van der Waals surface area contributed by atoms with Gasteiger partial charge in [-0.3, -0.25) is 9.59 Å². The van der Waals surface area contributed by atoms with E-state index in [1.54, 1.807) is 31.3 Å². The van der Waals surface area contributed by atoms with Crippen LogP contribution in [0.1, 0.15) is 29.7 Å². The number of halogens is 1. The zero-order valence-electron chi connectivity index (χ0n) is 22.0. The molecule has 2 aliphatic rings. The van der Waals surface area contributed by atoms with E-state index in [0.29, 0.717) is 11.3 Å². The minimum Gasteiger partial charge on any atom is -0.455 e. The summed E-state index contributed by atoms with van der Waals surface area (Å²) in [7, 11) is 1.70. The lowest BCUT2D eigenvalue weighted by atomic mass is 9.92. The molecule has 1 saturated heterocycles. The standard InChI is InChI=1S/C29H28FN5O5/c1-18-5-3-6-19(11-18)13-25(36)39-23-15-38-29(16-31,24-10-9-22-28(32-2)33-17-34-35(22)24)27(23)40-26(37)14-20-7-4-8-21(30)12-20/h3-11,17,20,23,27H,12-15H2,1-2H3,(H,32,33,34)/t20?,23?,27?,29-/m0/s1. The normalized spacial score (nSPS) is 23.9. The molecular formula is C29H28FN5O5. The van der Waals surface area contributed by atoms with Gasteiger partial charge in [-0.15, -0.1) is 0 Å². The number of hydrogen-bond acceptors (Lipinski definition) is 9. The number of benzene rings is 1. The van der Waals surface area contributed by atoms with Gasteiger partial charge in [0.25, 0.3) is 0 Å². The summed E-state index contributed by atoms with van der Waals surface area (Å²) in [5.74, 6) is -1.46. The second-order valence-electron chi connectivity index (χ2n) is 9.80. The molecule has 0 radical (unpaired) electrons. The fourth-order valence-corrected chi connectivity index (χ4v) is 5.13. The lowest BCUT2D eigenvalue weighted by Crippen LogP contribution is -2.45. The number of aromatic nitrogens is 3. The Bertz CT molecular complexity index is 1540. The summed E-state index contributed by atoms with van der Waals surface area (Å²) in [6.07, 6.45) is 3.49. The summed E-state index contributed by atoms with van der Waals surface area (Å²) in [6.45, 7) is 1.73. The molecule has 2 aromatic heterocycles. The van der Waals surface area contributed by atoms with Crippen molar-refractivity contribution >= 4 is 23.3 Å². The van der Waals surface area contributed by atoms with Gasteiger partial charge in [-0.25, -0.2) is 13.9 Å². The highest BCUT2D eigenvalue weighted by Gasteiger charge is 2.58. The fraction of sp³-hybridized carbons (Fsp3) is 0.345. The first-order chi connectivity index (χ1) is 19.3. The Labute approximate surface area is 230 Å². The van der Waals surface area contributed by atoms with Crippen LogP contribution in [0.4, 0.5) is 10.2 Å². The summed E-state index contributed by atoms with van der Waals surface area (Å²) < 4.78 is 32.9. The van der Waals surface area contributed by atoms with Crippen LogP contribution in [0.3, 0.4) is 0 Å². The maximum atomic E-state index is 13.8. The molecule has 4 atom stereocenters. The first kappa shape index (κ1) is 27.0. The summed E-state index contributed by atoms with van der Waals surface area (Å²) in [5.41, 5.74) is 0.764. The average molecular weight is 546 g/mol. The van der Waals surface area contributed by atoms with Gasteiger partial charge in [0.1, 0.15) is 23.7 Å². The molecule has 0 spiro atoms. The first-order valence-electron chi connectivity index (χ1n) is 12.9. The third-order valence-corrected chi connectivity index (χ3v) is 6.97. The van der Waals surface area contributed by atoms with Gasteiger partial charge in [0.15, 0.2) is 18.0 Å². The largest absolute Gasteiger partial charge is 0.455 e. The quantitative estimate of drug-likeness (QED) is 0.421. The van der Waals surface area contributed by atoms with E-state index in [9.17, 15) is 19.2 Å². The van der Waals surface area contributed by atoms with Crippen LogP contribution in [0.5, 0.6) is 0 Å². The van der Waals surface area contributed by atoms with Gasteiger partial charge in [-0.2, -0.15) is 10.4 Å². The lowest BCUT2D eigenvalue weighted by Gasteiger charge is -2.29. The molecule has 3 aromatic rings. The van der Waals surface area contributed by atoms with E-state index in [-0.39, 0.29) is 37.4 Å². The number of aryl methyl sites for hydroxylation is 1. The molecule has 1 aliphatic carbocycles. The lowest BCUT2D eigenvalue weighted by molar-refractivity contribution is -0.169. The summed E-state index contributed by atoms with van der Waals surface area (Å²) >= 11 is 0. The van der Waals surface area contributed by atoms with Crippen molar-refractivity contribution in [3.05, 3.63) is 83.6 Å². The highest BCUT2D eigenvalue weighted by Crippen LogP contribution is 2.41. The van der Waals surface area contributed by atoms with Crippen LogP contribution >= 0.6 is 0 Å². The van der Waals surface area contributed by atoms with Crippen molar-refractivity contribution in [1.29, 1.82) is 5.26 Å². The van der Waals surface area contributed by atoms with Crippen LogP contribution < -0.4 is 5.32 Å². The van der Waals surface area contributed by atoms with Crippen molar-refractivity contribution in [2.75, 3.05) is 19.0 Å². The van der Waals surface area contributed by atoms with Crippen molar-refractivity contribution in [2.24, 2.45) is 5.92 Å². The summed E-state index contributed by atoms with van der Waals surface area (Å²) in [6, 6.07) is 13.0. The molecule has 1 aliphatic heterocycles. The van der Waals surface area contributed by atoms with Crippen LogP contribution in [0.2, 0.25) is 0 Å². The molecule has 206 valence electrons. The van der Waals surface area contributed by atoms with Crippen molar-refractivity contribution in [1.82, 2.24) is 14.6 Å². The molecular weight excluding hydrogens is 517 g/mol. The van der Waals surface area contributed by atoms with Gasteiger partial charge in [0.05, 0.1) is 25.1 Å². The minimum absolute atomic E-state index is 0.0102. The number of fused-ring (bicyclic) bond motifs is 1. The molecule has 5 rings (SSSR count). The van der Waals surface area contributed by atoms with Crippen LogP contribution in [0, 0.1) is 24.2 Å². The predicted octanol–water partition coefficient (Wildman–Crippen LogP) is 3.71. The first-order valence-corrected chi connectivity index (χ1v) is 12.9. The van der Waals surface area contributed by atoms with E-state index in [2.05, 4.69) is 21.5 Å². The van der Waals surface area contributed by atoms with Gasteiger partial charge in [0.2, 0.25) is 5.60 Å². The molecule has 0 amide bonds. The van der Waals surface area contributed by atoms with Crippen LogP contribution in [0.25, 0.3) is 5.52 Å². The average Bonchev–Trinajstić information content (AvgIpc) is 3.51.